The lowest BCUT2D eigenvalue weighted by Gasteiger charge is -2.36. The van der Waals surface area contributed by atoms with Gasteiger partial charge < -0.3 is 14.7 Å². The van der Waals surface area contributed by atoms with E-state index in [9.17, 15) is 9.90 Å². The third kappa shape index (κ3) is 4.12. The number of fused-ring (bicyclic) bond motifs is 1. The molecule has 4 rings (SSSR count). The van der Waals surface area contributed by atoms with Crippen LogP contribution in [0.4, 0.5) is 5.69 Å². The van der Waals surface area contributed by atoms with E-state index in [2.05, 4.69) is 15.0 Å². The zero-order valence-corrected chi connectivity index (χ0v) is 18.8. The zero-order valence-electron chi connectivity index (χ0n) is 18.0. The highest BCUT2D eigenvalue weighted by atomic mass is 35.5. The highest BCUT2D eigenvalue weighted by Crippen LogP contribution is 2.37. The molecule has 0 radical (unpaired) electrons. The van der Waals surface area contributed by atoms with E-state index in [-0.39, 0.29) is 11.9 Å². The SMILES string of the molecule is CCOC(=O)c1cnc2c(c(C)nn2C)c1N1CCC(C(O)c2ccc(Cl)cc2)CC1. The van der Waals surface area contributed by atoms with Crippen molar-refractivity contribution in [2.24, 2.45) is 13.0 Å². The van der Waals surface area contributed by atoms with Crippen LogP contribution in [0, 0.1) is 12.8 Å². The van der Waals surface area contributed by atoms with Crippen molar-refractivity contribution in [3.63, 3.8) is 0 Å². The van der Waals surface area contributed by atoms with Gasteiger partial charge in [-0.05, 0) is 50.3 Å². The standard InChI is InChI=1S/C23H27ClN4O3/c1-4-31-23(30)18-13-25-22-19(14(2)26-27(22)3)20(18)28-11-9-16(10-12-28)21(29)15-5-7-17(24)8-6-15/h5-8,13,16,21,29H,4,9-12H2,1-3H3. The summed E-state index contributed by atoms with van der Waals surface area (Å²) >= 11 is 5.98. The monoisotopic (exact) mass is 442 g/mol. The Morgan fingerprint density at radius 2 is 1.97 bits per heavy atom. The van der Waals surface area contributed by atoms with Crippen LogP contribution in [-0.4, -0.2) is 45.5 Å². The van der Waals surface area contributed by atoms with Gasteiger partial charge in [0.05, 0.1) is 29.5 Å². The minimum Gasteiger partial charge on any atom is -0.462 e. The van der Waals surface area contributed by atoms with E-state index in [0.717, 1.165) is 53.9 Å². The first-order valence-electron chi connectivity index (χ1n) is 10.6. The molecule has 0 saturated carbocycles. The average Bonchev–Trinajstić information content (AvgIpc) is 3.07. The summed E-state index contributed by atoms with van der Waals surface area (Å²) in [6.45, 7) is 5.46. The van der Waals surface area contributed by atoms with Crippen LogP contribution >= 0.6 is 11.6 Å². The third-order valence-corrected chi connectivity index (χ3v) is 6.26. The molecule has 1 fully saturated rings. The van der Waals surface area contributed by atoms with Crippen LogP contribution in [0.15, 0.2) is 30.5 Å². The van der Waals surface area contributed by atoms with E-state index in [4.69, 9.17) is 16.3 Å². The number of anilines is 1. The van der Waals surface area contributed by atoms with Crippen molar-refractivity contribution >= 4 is 34.3 Å². The number of aromatic nitrogens is 3. The summed E-state index contributed by atoms with van der Waals surface area (Å²) in [4.78, 5) is 19.4. The molecule has 1 saturated heterocycles. The number of ether oxygens (including phenoxy) is 1. The van der Waals surface area contributed by atoms with E-state index >= 15 is 0 Å². The Hall–Kier alpha value is -2.64. The molecule has 3 aromatic rings. The zero-order chi connectivity index (χ0) is 22.1. The quantitative estimate of drug-likeness (QED) is 0.600. The van der Waals surface area contributed by atoms with E-state index in [1.165, 1.54) is 0 Å². The number of carbonyl (C=O) groups excluding carboxylic acids is 1. The molecule has 7 nitrogen and oxygen atoms in total. The molecule has 1 aliphatic rings. The lowest BCUT2D eigenvalue weighted by atomic mass is 9.87. The lowest BCUT2D eigenvalue weighted by molar-refractivity contribution is 0.0526. The Kier molecular flexibility index (Phi) is 6.16. The molecule has 0 bridgehead atoms. The average molecular weight is 443 g/mol. The Bertz CT molecular complexity index is 1090. The predicted molar refractivity (Wildman–Crippen MR) is 121 cm³/mol. The number of esters is 1. The van der Waals surface area contributed by atoms with Crippen molar-refractivity contribution in [3.05, 3.63) is 52.3 Å². The summed E-state index contributed by atoms with van der Waals surface area (Å²) in [6, 6.07) is 7.37. The first kappa shape index (κ1) is 21.6. The number of nitrogens with zero attached hydrogens (tertiary/aromatic N) is 4. The first-order chi connectivity index (χ1) is 14.9. The number of benzene rings is 1. The summed E-state index contributed by atoms with van der Waals surface area (Å²) in [7, 11) is 1.85. The number of carbonyl (C=O) groups is 1. The molecular formula is C23H27ClN4O3. The number of aryl methyl sites for hydroxylation is 2. The van der Waals surface area contributed by atoms with Crippen molar-refractivity contribution < 1.29 is 14.6 Å². The number of aliphatic hydroxyl groups is 1. The van der Waals surface area contributed by atoms with Gasteiger partial charge in [0.15, 0.2) is 5.65 Å². The summed E-state index contributed by atoms with van der Waals surface area (Å²) in [5.74, 6) is -0.241. The van der Waals surface area contributed by atoms with E-state index in [1.54, 1.807) is 29.9 Å². The van der Waals surface area contributed by atoms with Crippen molar-refractivity contribution in [3.8, 4) is 0 Å². The van der Waals surface area contributed by atoms with Gasteiger partial charge in [0.25, 0.3) is 0 Å². The molecule has 0 amide bonds. The van der Waals surface area contributed by atoms with Crippen LogP contribution in [0.1, 0.15) is 47.5 Å². The normalized spacial score (nSPS) is 16.0. The van der Waals surface area contributed by atoms with Crippen LogP contribution in [0.3, 0.4) is 0 Å². The Labute approximate surface area is 186 Å². The number of halogens is 1. The molecule has 8 heteroatoms. The maximum atomic E-state index is 12.7. The van der Waals surface area contributed by atoms with Crippen molar-refractivity contribution in [2.75, 3.05) is 24.6 Å². The second-order valence-electron chi connectivity index (χ2n) is 7.97. The van der Waals surface area contributed by atoms with Gasteiger partial charge in [0.2, 0.25) is 0 Å². The van der Waals surface area contributed by atoms with Crippen LogP contribution in [-0.2, 0) is 11.8 Å². The van der Waals surface area contributed by atoms with Gasteiger partial charge >= 0.3 is 5.97 Å². The molecule has 1 N–H and O–H groups in total. The number of rotatable bonds is 5. The summed E-state index contributed by atoms with van der Waals surface area (Å²) < 4.78 is 7.03. The van der Waals surface area contributed by atoms with Crippen molar-refractivity contribution in [2.45, 2.75) is 32.8 Å². The molecule has 3 heterocycles. The van der Waals surface area contributed by atoms with E-state index in [1.807, 2.05) is 26.1 Å². The number of pyridine rings is 1. The number of piperidine rings is 1. The Morgan fingerprint density at radius 3 is 2.61 bits per heavy atom. The van der Waals surface area contributed by atoms with Crippen LogP contribution in [0.25, 0.3) is 11.0 Å². The largest absolute Gasteiger partial charge is 0.462 e. The van der Waals surface area contributed by atoms with Gasteiger partial charge in [0.1, 0.15) is 5.56 Å². The predicted octanol–water partition coefficient (Wildman–Crippen LogP) is 4.06. The van der Waals surface area contributed by atoms with Crippen LogP contribution in [0.5, 0.6) is 0 Å². The van der Waals surface area contributed by atoms with Gasteiger partial charge in [-0.25, -0.2) is 9.78 Å². The molecule has 31 heavy (non-hydrogen) atoms. The summed E-state index contributed by atoms with van der Waals surface area (Å²) in [5, 5.41) is 16.9. The molecule has 0 aliphatic carbocycles. The van der Waals surface area contributed by atoms with Crippen LogP contribution < -0.4 is 4.90 Å². The Balaban J connectivity index is 1.62. The van der Waals surface area contributed by atoms with Gasteiger partial charge in [-0.1, -0.05) is 23.7 Å². The van der Waals surface area contributed by atoms with Gasteiger partial charge in [0, 0.05) is 31.4 Å². The maximum Gasteiger partial charge on any atom is 0.341 e. The fourth-order valence-electron chi connectivity index (χ4n) is 4.45. The molecule has 1 aliphatic heterocycles. The van der Waals surface area contributed by atoms with Gasteiger partial charge in [-0.2, -0.15) is 5.10 Å². The summed E-state index contributed by atoms with van der Waals surface area (Å²) in [5.41, 5.74) is 3.73. The highest BCUT2D eigenvalue weighted by molar-refractivity contribution is 6.30. The lowest BCUT2D eigenvalue weighted by Crippen LogP contribution is -2.36. The van der Waals surface area contributed by atoms with E-state index in [0.29, 0.717) is 17.2 Å². The third-order valence-electron chi connectivity index (χ3n) is 6.01. The molecule has 1 atom stereocenters. The molecule has 1 aromatic carbocycles. The molecular weight excluding hydrogens is 416 g/mol. The maximum absolute atomic E-state index is 12.7. The summed E-state index contributed by atoms with van der Waals surface area (Å²) in [6.07, 6.45) is 2.65. The fourth-order valence-corrected chi connectivity index (χ4v) is 4.58. The second kappa shape index (κ2) is 8.85. The first-order valence-corrected chi connectivity index (χ1v) is 11.0. The highest BCUT2D eigenvalue weighted by Gasteiger charge is 2.30. The van der Waals surface area contributed by atoms with E-state index < -0.39 is 6.10 Å². The van der Waals surface area contributed by atoms with Crippen LogP contribution in [0.2, 0.25) is 5.02 Å². The number of hydrogen-bond acceptors (Lipinski definition) is 6. The topological polar surface area (TPSA) is 80.5 Å². The van der Waals surface area contributed by atoms with Crippen molar-refractivity contribution in [1.29, 1.82) is 0 Å². The minimum absolute atomic E-state index is 0.135. The number of hydrogen-bond donors (Lipinski definition) is 1. The molecule has 164 valence electrons. The Morgan fingerprint density at radius 1 is 1.29 bits per heavy atom. The van der Waals surface area contributed by atoms with Gasteiger partial charge in [-0.15, -0.1) is 0 Å². The van der Waals surface area contributed by atoms with Crippen molar-refractivity contribution in [1.82, 2.24) is 14.8 Å². The molecule has 2 aromatic heterocycles. The minimum atomic E-state index is -0.540. The second-order valence-corrected chi connectivity index (χ2v) is 8.41. The molecule has 0 spiro atoms. The smallest absolute Gasteiger partial charge is 0.341 e. The number of aliphatic hydroxyl groups excluding tert-OH is 1. The molecule has 1 unspecified atom stereocenters. The fraction of sp³-hybridized carbons (Fsp3) is 0.435. The van der Waals surface area contributed by atoms with Gasteiger partial charge in [-0.3, -0.25) is 4.68 Å².